The number of aliphatic hydroxyl groups excluding tert-OH is 1. The molecule has 1 N–H and O–H groups in total. The van der Waals surface area contributed by atoms with E-state index in [2.05, 4.69) is 25.7 Å². The lowest BCUT2D eigenvalue weighted by Crippen LogP contribution is -2.37. The van der Waals surface area contributed by atoms with Gasteiger partial charge in [0.05, 0.1) is 0 Å². The standard InChI is InChI=1S/C9H19NO/c1-4-10-6-8(7-11)5-9(10,2)3/h8,11H,4-7H2,1-3H3. The average molecular weight is 157 g/mol. The minimum Gasteiger partial charge on any atom is -0.396 e. The Kier molecular flexibility index (Phi) is 2.55. The van der Waals surface area contributed by atoms with Gasteiger partial charge in [-0.05, 0) is 32.7 Å². The Balaban J connectivity index is 2.55. The molecule has 0 aromatic heterocycles. The lowest BCUT2D eigenvalue weighted by Gasteiger charge is -2.29. The Morgan fingerprint density at radius 3 is 2.45 bits per heavy atom. The van der Waals surface area contributed by atoms with Crippen LogP contribution in [0.4, 0.5) is 0 Å². The third kappa shape index (κ3) is 1.74. The fourth-order valence-electron chi connectivity index (χ4n) is 2.14. The molecule has 1 aliphatic heterocycles. The molecule has 1 saturated heterocycles. The van der Waals surface area contributed by atoms with Gasteiger partial charge in [0.25, 0.3) is 0 Å². The van der Waals surface area contributed by atoms with Crippen LogP contribution >= 0.6 is 0 Å². The molecule has 1 rings (SSSR count). The van der Waals surface area contributed by atoms with Crippen LogP contribution in [0, 0.1) is 5.92 Å². The maximum absolute atomic E-state index is 8.98. The predicted molar refractivity (Wildman–Crippen MR) is 46.5 cm³/mol. The summed E-state index contributed by atoms with van der Waals surface area (Å²) in [6.07, 6.45) is 1.14. The Morgan fingerprint density at radius 1 is 1.55 bits per heavy atom. The van der Waals surface area contributed by atoms with E-state index in [1.165, 1.54) is 0 Å². The van der Waals surface area contributed by atoms with Gasteiger partial charge in [-0.2, -0.15) is 0 Å². The highest BCUT2D eigenvalue weighted by Crippen LogP contribution is 2.31. The molecule has 0 amide bonds. The van der Waals surface area contributed by atoms with Gasteiger partial charge in [0.15, 0.2) is 0 Å². The first-order valence-corrected chi connectivity index (χ1v) is 4.46. The van der Waals surface area contributed by atoms with E-state index < -0.39 is 0 Å². The van der Waals surface area contributed by atoms with Gasteiger partial charge in [-0.15, -0.1) is 0 Å². The molecule has 0 aliphatic carbocycles. The second-order valence-corrected chi connectivity index (χ2v) is 4.10. The van der Waals surface area contributed by atoms with Crippen molar-refractivity contribution in [1.29, 1.82) is 0 Å². The molecule has 2 heteroatoms. The number of aliphatic hydroxyl groups is 1. The van der Waals surface area contributed by atoms with E-state index in [4.69, 9.17) is 5.11 Å². The molecular formula is C9H19NO. The van der Waals surface area contributed by atoms with Gasteiger partial charge in [-0.3, -0.25) is 4.90 Å². The topological polar surface area (TPSA) is 23.5 Å². The maximum Gasteiger partial charge on any atom is 0.0472 e. The van der Waals surface area contributed by atoms with Crippen molar-refractivity contribution in [1.82, 2.24) is 4.90 Å². The van der Waals surface area contributed by atoms with Crippen LogP contribution in [0.25, 0.3) is 0 Å². The third-order valence-corrected chi connectivity index (χ3v) is 2.76. The van der Waals surface area contributed by atoms with Crippen molar-refractivity contribution in [3.05, 3.63) is 0 Å². The largest absolute Gasteiger partial charge is 0.396 e. The van der Waals surface area contributed by atoms with E-state index in [-0.39, 0.29) is 0 Å². The Hall–Kier alpha value is -0.0800. The van der Waals surface area contributed by atoms with Crippen molar-refractivity contribution < 1.29 is 5.11 Å². The SMILES string of the molecule is CCN1CC(CO)CC1(C)C. The summed E-state index contributed by atoms with van der Waals surface area (Å²) in [5, 5.41) is 8.98. The van der Waals surface area contributed by atoms with Crippen molar-refractivity contribution >= 4 is 0 Å². The maximum atomic E-state index is 8.98. The molecule has 1 heterocycles. The zero-order chi connectivity index (χ0) is 8.48. The highest BCUT2D eigenvalue weighted by atomic mass is 16.3. The zero-order valence-electron chi connectivity index (χ0n) is 7.80. The summed E-state index contributed by atoms with van der Waals surface area (Å²) in [6, 6.07) is 0. The van der Waals surface area contributed by atoms with Crippen LogP contribution in [0.15, 0.2) is 0 Å². The fourth-order valence-corrected chi connectivity index (χ4v) is 2.14. The lowest BCUT2D eigenvalue weighted by atomic mass is 9.97. The van der Waals surface area contributed by atoms with E-state index in [9.17, 15) is 0 Å². The van der Waals surface area contributed by atoms with Crippen LogP contribution < -0.4 is 0 Å². The van der Waals surface area contributed by atoms with Gasteiger partial charge in [0, 0.05) is 18.7 Å². The quantitative estimate of drug-likeness (QED) is 0.649. The van der Waals surface area contributed by atoms with Gasteiger partial charge >= 0.3 is 0 Å². The zero-order valence-corrected chi connectivity index (χ0v) is 7.80. The van der Waals surface area contributed by atoms with Crippen molar-refractivity contribution in [3.8, 4) is 0 Å². The van der Waals surface area contributed by atoms with Crippen molar-refractivity contribution in [3.63, 3.8) is 0 Å². The summed E-state index contributed by atoms with van der Waals surface area (Å²) >= 11 is 0. The molecule has 0 bridgehead atoms. The first-order valence-electron chi connectivity index (χ1n) is 4.46. The molecule has 1 atom stereocenters. The van der Waals surface area contributed by atoms with E-state index in [0.29, 0.717) is 18.1 Å². The summed E-state index contributed by atoms with van der Waals surface area (Å²) in [7, 11) is 0. The van der Waals surface area contributed by atoms with E-state index in [0.717, 1.165) is 19.5 Å². The van der Waals surface area contributed by atoms with E-state index in [1.807, 2.05) is 0 Å². The fraction of sp³-hybridized carbons (Fsp3) is 1.00. The molecule has 66 valence electrons. The van der Waals surface area contributed by atoms with Crippen LogP contribution in [0.5, 0.6) is 0 Å². The van der Waals surface area contributed by atoms with E-state index in [1.54, 1.807) is 0 Å². The Labute approximate surface area is 69.2 Å². The van der Waals surface area contributed by atoms with Crippen LogP contribution in [0.2, 0.25) is 0 Å². The summed E-state index contributed by atoms with van der Waals surface area (Å²) in [5.41, 5.74) is 0.308. The minimum absolute atomic E-state index is 0.308. The third-order valence-electron chi connectivity index (χ3n) is 2.76. The highest BCUT2D eigenvalue weighted by molar-refractivity contribution is 4.91. The summed E-state index contributed by atoms with van der Waals surface area (Å²) < 4.78 is 0. The molecule has 0 radical (unpaired) electrons. The normalized spacial score (nSPS) is 31.1. The summed E-state index contributed by atoms with van der Waals surface area (Å²) in [4.78, 5) is 2.44. The van der Waals surface area contributed by atoms with Crippen molar-refractivity contribution in [2.24, 2.45) is 5.92 Å². The number of hydrogen-bond donors (Lipinski definition) is 1. The average Bonchev–Trinajstić information content (AvgIpc) is 2.24. The molecule has 0 aromatic rings. The molecule has 0 spiro atoms. The smallest absolute Gasteiger partial charge is 0.0472 e. The predicted octanol–water partition coefficient (Wildman–Crippen LogP) is 1.10. The molecule has 11 heavy (non-hydrogen) atoms. The van der Waals surface area contributed by atoms with Gasteiger partial charge in [-0.1, -0.05) is 6.92 Å². The number of likely N-dealkylation sites (tertiary alicyclic amines) is 1. The molecule has 1 fully saturated rings. The van der Waals surface area contributed by atoms with Gasteiger partial charge in [-0.25, -0.2) is 0 Å². The summed E-state index contributed by atoms with van der Waals surface area (Å²) in [5.74, 6) is 0.505. The Morgan fingerprint density at radius 2 is 2.18 bits per heavy atom. The number of hydrogen-bond acceptors (Lipinski definition) is 2. The lowest BCUT2D eigenvalue weighted by molar-refractivity contribution is 0.182. The monoisotopic (exact) mass is 157 g/mol. The first-order chi connectivity index (χ1) is 5.10. The molecule has 0 aromatic carbocycles. The molecule has 2 nitrogen and oxygen atoms in total. The highest BCUT2D eigenvalue weighted by Gasteiger charge is 2.36. The Bertz CT molecular complexity index is 134. The number of rotatable bonds is 2. The molecule has 0 saturated carbocycles. The molecule has 1 aliphatic rings. The van der Waals surface area contributed by atoms with Gasteiger partial charge < -0.3 is 5.11 Å². The second kappa shape index (κ2) is 3.11. The van der Waals surface area contributed by atoms with E-state index >= 15 is 0 Å². The van der Waals surface area contributed by atoms with Gasteiger partial charge in [0.1, 0.15) is 0 Å². The second-order valence-electron chi connectivity index (χ2n) is 4.10. The van der Waals surface area contributed by atoms with Gasteiger partial charge in [0.2, 0.25) is 0 Å². The van der Waals surface area contributed by atoms with Crippen LogP contribution in [-0.2, 0) is 0 Å². The number of nitrogens with zero attached hydrogens (tertiary/aromatic N) is 1. The van der Waals surface area contributed by atoms with Crippen molar-refractivity contribution in [2.45, 2.75) is 32.7 Å². The molecule has 1 unspecified atom stereocenters. The van der Waals surface area contributed by atoms with Crippen LogP contribution in [0.1, 0.15) is 27.2 Å². The minimum atomic E-state index is 0.308. The van der Waals surface area contributed by atoms with Crippen molar-refractivity contribution in [2.75, 3.05) is 19.7 Å². The first kappa shape index (κ1) is 9.01. The van der Waals surface area contributed by atoms with Crippen LogP contribution in [-0.4, -0.2) is 35.2 Å². The molecular weight excluding hydrogens is 138 g/mol. The van der Waals surface area contributed by atoms with Crippen LogP contribution in [0.3, 0.4) is 0 Å². The summed E-state index contributed by atoms with van der Waals surface area (Å²) in [6.45, 7) is 9.21.